The van der Waals surface area contributed by atoms with E-state index >= 15 is 0 Å². The molecule has 2 aliphatic rings. The third kappa shape index (κ3) is 2.74. The summed E-state index contributed by atoms with van der Waals surface area (Å²) in [6.45, 7) is 0.702. The van der Waals surface area contributed by atoms with Crippen LogP contribution in [0.3, 0.4) is 0 Å². The van der Waals surface area contributed by atoms with E-state index < -0.39 is 0 Å². The van der Waals surface area contributed by atoms with Gasteiger partial charge in [0.2, 0.25) is 0 Å². The highest BCUT2D eigenvalue weighted by atomic mass is 16.5. The SMILES string of the molecule is N#CCC(C1CC1)n1nc(Nc2ccc3c(c2)CCO3)c2c(=O)[nH]ccc21. The van der Waals surface area contributed by atoms with E-state index in [1.807, 2.05) is 28.9 Å². The van der Waals surface area contributed by atoms with Crippen molar-refractivity contribution in [2.45, 2.75) is 31.7 Å². The molecule has 0 spiro atoms. The number of ether oxygens (including phenoxy) is 1. The number of anilines is 2. The van der Waals surface area contributed by atoms with Crippen LogP contribution in [-0.4, -0.2) is 21.4 Å². The lowest BCUT2D eigenvalue weighted by Gasteiger charge is -2.14. The number of nitrogens with one attached hydrogen (secondary N) is 2. The first kappa shape index (κ1) is 15.9. The van der Waals surface area contributed by atoms with Crippen molar-refractivity contribution in [2.24, 2.45) is 5.92 Å². The number of H-pyrrole nitrogens is 1. The van der Waals surface area contributed by atoms with Crippen LogP contribution in [0.15, 0.2) is 35.3 Å². The van der Waals surface area contributed by atoms with Crippen molar-refractivity contribution < 1.29 is 4.74 Å². The van der Waals surface area contributed by atoms with Gasteiger partial charge in [0.05, 0.1) is 30.7 Å². The fraction of sp³-hybridized carbons (Fsp3) is 0.350. The predicted octanol–water partition coefficient (Wildman–Crippen LogP) is 3.27. The number of hydrogen-bond donors (Lipinski definition) is 2. The number of rotatable bonds is 5. The Morgan fingerprint density at radius 3 is 3.11 bits per heavy atom. The molecule has 1 unspecified atom stereocenters. The third-order valence-electron chi connectivity index (χ3n) is 5.36. The zero-order valence-corrected chi connectivity index (χ0v) is 14.7. The Labute approximate surface area is 155 Å². The molecule has 0 amide bonds. The van der Waals surface area contributed by atoms with E-state index in [0.717, 1.165) is 41.8 Å². The monoisotopic (exact) mass is 361 g/mol. The van der Waals surface area contributed by atoms with Gasteiger partial charge in [0.25, 0.3) is 5.56 Å². The minimum absolute atomic E-state index is 0.00303. The lowest BCUT2D eigenvalue weighted by atomic mass is 10.1. The lowest BCUT2D eigenvalue weighted by Crippen LogP contribution is -2.13. The van der Waals surface area contributed by atoms with Gasteiger partial charge in [0.15, 0.2) is 5.82 Å². The fourth-order valence-corrected chi connectivity index (χ4v) is 3.87. The highest BCUT2D eigenvalue weighted by molar-refractivity contribution is 5.91. The Morgan fingerprint density at radius 2 is 2.30 bits per heavy atom. The van der Waals surface area contributed by atoms with E-state index in [4.69, 9.17) is 9.84 Å². The van der Waals surface area contributed by atoms with Gasteiger partial charge in [0, 0.05) is 18.3 Å². The number of hydrogen-bond acceptors (Lipinski definition) is 5. The zero-order valence-electron chi connectivity index (χ0n) is 14.7. The van der Waals surface area contributed by atoms with Gasteiger partial charge < -0.3 is 15.0 Å². The van der Waals surface area contributed by atoms with Crippen molar-refractivity contribution in [3.8, 4) is 11.8 Å². The normalized spacial score (nSPS) is 16.6. The van der Waals surface area contributed by atoms with Crippen LogP contribution >= 0.6 is 0 Å². The number of aromatic nitrogens is 3. The summed E-state index contributed by atoms with van der Waals surface area (Å²) in [6, 6.07) is 10.0. The number of nitriles is 1. The number of benzene rings is 1. The Morgan fingerprint density at radius 1 is 1.41 bits per heavy atom. The molecule has 1 saturated carbocycles. The Hall–Kier alpha value is -3.27. The molecule has 1 aromatic carbocycles. The summed E-state index contributed by atoms with van der Waals surface area (Å²) in [5.41, 5.74) is 2.60. The highest BCUT2D eigenvalue weighted by Crippen LogP contribution is 2.43. The summed E-state index contributed by atoms with van der Waals surface area (Å²) in [6.07, 6.45) is 5.11. The van der Waals surface area contributed by atoms with Gasteiger partial charge >= 0.3 is 0 Å². The first-order valence-corrected chi connectivity index (χ1v) is 9.24. The van der Waals surface area contributed by atoms with Crippen LogP contribution in [0, 0.1) is 17.2 Å². The molecule has 0 saturated heterocycles. The van der Waals surface area contributed by atoms with Crippen molar-refractivity contribution in [3.05, 3.63) is 46.4 Å². The first-order chi connectivity index (χ1) is 13.2. The van der Waals surface area contributed by atoms with Crippen molar-refractivity contribution in [2.75, 3.05) is 11.9 Å². The molecule has 2 aromatic heterocycles. The molecule has 2 N–H and O–H groups in total. The predicted molar refractivity (Wildman–Crippen MR) is 101 cm³/mol. The quantitative estimate of drug-likeness (QED) is 0.727. The maximum atomic E-state index is 12.5. The van der Waals surface area contributed by atoms with Crippen molar-refractivity contribution in [1.29, 1.82) is 5.26 Å². The molecule has 27 heavy (non-hydrogen) atoms. The van der Waals surface area contributed by atoms with E-state index in [0.29, 0.717) is 30.1 Å². The Bertz CT molecular complexity index is 1120. The van der Waals surface area contributed by atoms with E-state index in [1.165, 1.54) is 0 Å². The van der Waals surface area contributed by atoms with Crippen LogP contribution < -0.4 is 15.6 Å². The molecule has 3 aromatic rings. The molecule has 3 heterocycles. The van der Waals surface area contributed by atoms with Crippen LogP contribution in [0.2, 0.25) is 0 Å². The molecule has 5 rings (SSSR count). The van der Waals surface area contributed by atoms with E-state index in [1.54, 1.807) is 6.20 Å². The van der Waals surface area contributed by atoms with Crippen LogP contribution in [0.5, 0.6) is 5.75 Å². The number of aromatic amines is 1. The van der Waals surface area contributed by atoms with Crippen LogP contribution in [0.4, 0.5) is 11.5 Å². The van der Waals surface area contributed by atoms with Gasteiger partial charge in [-0.25, -0.2) is 0 Å². The first-order valence-electron chi connectivity index (χ1n) is 9.24. The summed E-state index contributed by atoms with van der Waals surface area (Å²) >= 11 is 0. The molecule has 7 nitrogen and oxygen atoms in total. The summed E-state index contributed by atoms with van der Waals surface area (Å²) in [4.78, 5) is 15.3. The van der Waals surface area contributed by atoms with Crippen molar-refractivity contribution in [3.63, 3.8) is 0 Å². The summed E-state index contributed by atoms with van der Waals surface area (Å²) in [5.74, 6) is 1.89. The van der Waals surface area contributed by atoms with Gasteiger partial charge in [0.1, 0.15) is 11.1 Å². The molecular formula is C20H19N5O2. The van der Waals surface area contributed by atoms with E-state index in [-0.39, 0.29) is 11.6 Å². The van der Waals surface area contributed by atoms with Crippen LogP contribution in [-0.2, 0) is 6.42 Å². The maximum absolute atomic E-state index is 12.5. The molecule has 7 heteroatoms. The lowest BCUT2D eigenvalue weighted by molar-refractivity contribution is 0.357. The largest absolute Gasteiger partial charge is 0.493 e. The second-order valence-corrected chi connectivity index (χ2v) is 7.17. The fourth-order valence-electron chi connectivity index (χ4n) is 3.87. The average molecular weight is 361 g/mol. The second kappa shape index (κ2) is 6.16. The van der Waals surface area contributed by atoms with Crippen LogP contribution in [0.25, 0.3) is 10.9 Å². The molecule has 1 atom stereocenters. The van der Waals surface area contributed by atoms with Gasteiger partial charge in [-0.2, -0.15) is 10.4 Å². The van der Waals surface area contributed by atoms with E-state index in [9.17, 15) is 10.1 Å². The standard InChI is InChI=1S/C20H19N5O2/c21-8-5-15(12-1-2-12)25-16-6-9-22-20(26)18(16)19(24-25)23-14-3-4-17-13(11-14)7-10-27-17/h3-4,6,9,11-12,15H,1-2,5,7,10H2,(H,22,26)(H,23,24). The molecule has 0 bridgehead atoms. The third-order valence-corrected chi connectivity index (χ3v) is 5.36. The average Bonchev–Trinajstić information content (AvgIpc) is 3.29. The molecule has 1 aliphatic heterocycles. The van der Waals surface area contributed by atoms with E-state index in [2.05, 4.69) is 16.4 Å². The molecule has 0 radical (unpaired) electrons. The minimum atomic E-state index is -0.183. The molecule has 1 aliphatic carbocycles. The molecule has 1 fully saturated rings. The Kier molecular flexibility index (Phi) is 3.64. The molecular weight excluding hydrogens is 342 g/mol. The number of pyridine rings is 1. The summed E-state index contributed by atoms with van der Waals surface area (Å²) in [7, 11) is 0. The number of nitrogens with zero attached hydrogens (tertiary/aromatic N) is 3. The van der Waals surface area contributed by atoms with Gasteiger partial charge in [-0.1, -0.05) is 0 Å². The van der Waals surface area contributed by atoms with Crippen LogP contribution in [0.1, 0.15) is 30.9 Å². The highest BCUT2D eigenvalue weighted by Gasteiger charge is 2.34. The molecule has 136 valence electrons. The van der Waals surface area contributed by atoms with Gasteiger partial charge in [-0.05, 0) is 48.6 Å². The summed E-state index contributed by atoms with van der Waals surface area (Å²) in [5, 5.41) is 17.8. The smallest absolute Gasteiger partial charge is 0.261 e. The topological polar surface area (TPSA) is 95.7 Å². The van der Waals surface area contributed by atoms with Gasteiger partial charge in [-0.3, -0.25) is 9.48 Å². The van der Waals surface area contributed by atoms with Crippen molar-refractivity contribution in [1.82, 2.24) is 14.8 Å². The maximum Gasteiger partial charge on any atom is 0.261 e. The second-order valence-electron chi connectivity index (χ2n) is 7.17. The summed E-state index contributed by atoms with van der Waals surface area (Å²) < 4.78 is 7.42. The number of fused-ring (bicyclic) bond motifs is 2. The Balaban J connectivity index is 1.60. The minimum Gasteiger partial charge on any atom is -0.493 e. The zero-order chi connectivity index (χ0) is 18.4. The van der Waals surface area contributed by atoms with Crippen molar-refractivity contribution >= 4 is 22.4 Å². The van der Waals surface area contributed by atoms with Gasteiger partial charge in [-0.15, -0.1) is 0 Å².